The number of hydrogen-bond acceptors (Lipinski definition) is 3. The van der Waals surface area contributed by atoms with Crippen LogP contribution in [0.2, 0.25) is 5.02 Å². The number of amides is 1. The maximum atomic E-state index is 11.9. The van der Waals surface area contributed by atoms with Crippen LogP contribution in [-0.2, 0) is 16.1 Å². The Morgan fingerprint density at radius 1 is 1.33 bits per heavy atom. The summed E-state index contributed by atoms with van der Waals surface area (Å²) < 4.78 is 5.51. The first-order valence-corrected chi connectivity index (χ1v) is 7.81. The molecule has 2 N–H and O–H groups in total. The third-order valence-corrected chi connectivity index (χ3v) is 4.00. The second kappa shape index (κ2) is 8.37. The number of aliphatic hydroxyl groups is 1. The molecule has 116 valence electrons. The monoisotopic (exact) mass is 311 g/mol. The lowest BCUT2D eigenvalue weighted by atomic mass is 9.87. The molecular weight excluding hydrogens is 290 g/mol. The Hall–Kier alpha value is -1.10. The number of carbonyl (C=O) groups is 1. The van der Waals surface area contributed by atoms with Gasteiger partial charge in [0.25, 0.3) is 0 Å². The normalized spacial score (nSPS) is 22.0. The Labute approximate surface area is 130 Å². The van der Waals surface area contributed by atoms with Crippen LogP contribution < -0.4 is 5.32 Å². The number of aliphatic hydroxyl groups excluding tert-OH is 1. The zero-order valence-corrected chi connectivity index (χ0v) is 12.8. The van der Waals surface area contributed by atoms with Gasteiger partial charge in [-0.25, -0.2) is 0 Å². The van der Waals surface area contributed by atoms with Crippen LogP contribution in [0.25, 0.3) is 0 Å². The van der Waals surface area contributed by atoms with Crippen molar-refractivity contribution in [3.8, 4) is 0 Å². The van der Waals surface area contributed by atoms with E-state index in [2.05, 4.69) is 5.32 Å². The summed E-state index contributed by atoms with van der Waals surface area (Å²) in [6.45, 7) is 1.48. The minimum absolute atomic E-state index is 0.0313. The van der Waals surface area contributed by atoms with Crippen molar-refractivity contribution in [2.24, 2.45) is 5.92 Å². The Balaban J connectivity index is 1.59. The van der Waals surface area contributed by atoms with Crippen LogP contribution in [0.15, 0.2) is 24.3 Å². The summed E-state index contributed by atoms with van der Waals surface area (Å²) in [5, 5.41) is 13.2. The largest absolute Gasteiger partial charge is 0.393 e. The van der Waals surface area contributed by atoms with Gasteiger partial charge in [-0.2, -0.15) is 0 Å². The first kappa shape index (κ1) is 16.3. The number of hydrogen-bond donors (Lipinski definition) is 2. The molecular formula is C16H22ClNO3. The Morgan fingerprint density at radius 2 is 2.10 bits per heavy atom. The highest BCUT2D eigenvalue weighted by Gasteiger charge is 2.25. The van der Waals surface area contributed by atoms with Crippen LogP contribution in [0.1, 0.15) is 31.2 Å². The average molecular weight is 312 g/mol. The fourth-order valence-corrected chi connectivity index (χ4v) is 2.69. The second-order valence-electron chi connectivity index (χ2n) is 5.49. The lowest BCUT2D eigenvalue weighted by Gasteiger charge is -2.24. The van der Waals surface area contributed by atoms with Gasteiger partial charge in [0.05, 0.1) is 19.3 Å². The van der Waals surface area contributed by atoms with Crippen molar-refractivity contribution in [1.29, 1.82) is 0 Å². The summed E-state index contributed by atoms with van der Waals surface area (Å²) in [5.74, 6) is -0.0196. The van der Waals surface area contributed by atoms with E-state index in [4.69, 9.17) is 16.3 Å². The van der Waals surface area contributed by atoms with Crippen LogP contribution in [-0.4, -0.2) is 30.3 Å². The molecule has 0 heterocycles. The third kappa shape index (κ3) is 5.65. The summed E-state index contributed by atoms with van der Waals surface area (Å²) >= 11 is 5.81. The molecule has 0 aliphatic heterocycles. The maximum absolute atomic E-state index is 11.9. The lowest BCUT2D eigenvalue weighted by Crippen LogP contribution is -2.36. The molecule has 4 nitrogen and oxygen atoms in total. The molecule has 2 atom stereocenters. The highest BCUT2D eigenvalue weighted by atomic mass is 35.5. The highest BCUT2D eigenvalue weighted by molar-refractivity contribution is 6.30. The highest BCUT2D eigenvalue weighted by Crippen LogP contribution is 2.24. The molecule has 1 saturated carbocycles. The first-order valence-electron chi connectivity index (χ1n) is 7.43. The summed E-state index contributed by atoms with van der Waals surface area (Å²) in [6.07, 6.45) is 2.86. The molecule has 2 rings (SSSR count). The van der Waals surface area contributed by atoms with Crippen LogP contribution in [0, 0.1) is 5.92 Å². The summed E-state index contributed by atoms with van der Waals surface area (Å²) in [7, 11) is 0. The van der Waals surface area contributed by atoms with Crippen molar-refractivity contribution in [1.82, 2.24) is 5.32 Å². The first-order chi connectivity index (χ1) is 10.1. The van der Waals surface area contributed by atoms with Crippen molar-refractivity contribution in [3.63, 3.8) is 0 Å². The van der Waals surface area contributed by atoms with E-state index in [1.165, 1.54) is 0 Å². The predicted molar refractivity (Wildman–Crippen MR) is 82.1 cm³/mol. The fourth-order valence-electron chi connectivity index (χ4n) is 2.56. The van der Waals surface area contributed by atoms with Gasteiger partial charge in [-0.1, -0.05) is 30.2 Å². The molecule has 0 unspecified atom stereocenters. The summed E-state index contributed by atoms with van der Waals surface area (Å²) in [5.41, 5.74) is 1.06. The molecule has 1 fully saturated rings. The van der Waals surface area contributed by atoms with Crippen LogP contribution in [0.5, 0.6) is 0 Å². The van der Waals surface area contributed by atoms with Gasteiger partial charge >= 0.3 is 0 Å². The van der Waals surface area contributed by atoms with Crippen molar-refractivity contribution < 1.29 is 14.6 Å². The molecule has 1 amide bonds. The average Bonchev–Trinajstić information content (AvgIpc) is 2.48. The van der Waals surface area contributed by atoms with Gasteiger partial charge in [0, 0.05) is 17.5 Å². The molecule has 0 spiro atoms. The molecule has 1 aromatic carbocycles. The van der Waals surface area contributed by atoms with E-state index >= 15 is 0 Å². The van der Waals surface area contributed by atoms with Crippen molar-refractivity contribution in [2.45, 2.75) is 38.4 Å². The van der Waals surface area contributed by atoms with E-state index in [-0.39, 0.29) is 17.9 Å². The number of benzene rings is 1. The third-order valence-electron chi connectivity index (χ3n) is 3.74. The van der Waals surface area contributed by atoms with Crippen molar-refractivity contribution in [2.75, 3.05) is 13.2 Å². The van der Waals surface area contributed by atoms with Crippen molar-refractivity contribution in [3.05, 3.63) is 34.9 Å². The Bertz CT molecular complexity index is 449. The van der Waals surface area contributed by atoms with Gasteiger partial charge in [-0.15, -0.1) is 0 Å². The SMILES string of the molecule is O=C(NCCOCc1ccc(Cl)cc1)[C@H]1CCC[C@@H](O)C1. The minimum Gasteiger partial charge on any atom is -0.393 e. The van der Waals surface area contributed by atoms with Gasteiger partial charge in [0.2, 0.25) is 5.91 Å². The molecule has 0 bridgehead atoms. The number of nitrogens with one attached hydrogen (secondary N) is 1. The molecule has 21 heavy (non-hydrogen) atoms. The van der Waals surface area contributed by atoms with Gasteiger partial charge in [-0.3, -0.25) is 4.79 Å². The molecule has 1 aliphatic rings. The van der Waals surface area contributed by atoms with Crippen LogP contribution in [0.4, 0.5) is 0 Å². The molecule has 0 radical (unpaired) electrons. The topological polar surface area (TPSA) is 58.6 Å². The quantitative estimate of drug-likeness (QED) is 0.794. The number of carbonyl (C=O) groups excluding carboxylic acids is 1. The predicted octanol–water partition coefficient (Wildman–Crippen LogP) is 2.52. The van der Waals surface area contributed by atoms with Crippen LogP contribution >= 0.6 is 11.6 Å². The number of ether oxygens (including phenoxy) is 1. The van der Waals surface area contributed by atoms with Crippen molar-refractivity contribution >= 4 is 17.5 Å². The molecule has 5 heteroatoms. The van der Waals surface area contributed by atoms with E-state index in [1.54, 1.807) is 0 Å². The molecule has 0 saturated heterocycles. The van der Waals surface area contributed by atoms with Crippen LogP contribution in [0.3, 0.4) is 0 Å². The Kier molecular flexibility index (Phi) is 6.49. The Morgan fingerprint density at radius 3 is 2.81 bits per heavy atom. The van der Waals surface area contributed by atoms with E-state index < -0.39 is 0 Å². The van der Waals surface area contributed by atoms with Gasteiger partial charge in [-0.05, 0) is 37.0 Å². The second-order valence-corrected chi connectivity index (χ2v) is 5.92. The minimum atomic E-state index is -0.323. The maximum Gasteiger partial charge on any atom is 0.223 e. The van der Waals surface area contributed by atoms with Gasteiger partial charge in [0.15, 0.2) is 0 Å². The van der Waals surface area contributed by atoms with Gasteiger partial charge < -0.3 is 15.2 Å². The fraction of sp³-hybridized carbons (Fsp3) is 0.562. The zero-order valence-electron chi connectivity index (χ0n) is 12.1. The standard InChI is InChI=1S/C16H22ClNO3/c17-14-6-4-12(5-7-14)11-21-9-8-18-16(20)13-2-1-3-15(19)10-13/h4-7,13,15,19H,1-3,8-11H2,(H,18,20)/t13-,15+/m0/s1. The van der Waals surface area contributed by atoms with E-state index in [9.17, 15) is 9.90 Å². The summed E-state index contributed by atoms with van der Waals surface area (Å²) in [4.78, 5) is 11.9. The lowest BCUT2D eigenvalue weighted by molar-refractivity contribution is -0.127. The number of rotatable bonds is 6. The van der Waals surface area contributed by atoms with E-state index in [1.807, 2.05) is 24.3 Å². The van der Waals surface area contributed by atoms with E-state index in [0.717, 1.165) is 24.8 Å². The molecule has 1 aromatic rings. The summed E-state index contributed by atoms with van der Waals surface area (Å²) in [6, 6.07) is 7.50. The van der Waals surface area contributed by atoms with E-state index in [0.29, 0.717) is 31.2 Å². The molecule has 1 aliphatic carbocycles. The number of halogens is 1. The molecule has 0 aromatic heterocycles. The smallest absolute Gasteiger partial charge is 0.223 e. The zero-order chi connectivity index (χ0) is 15.1. The van der Waals surface area contributed by atoms with Gasteiger partial charge in [0.1, 0.15) is 0 Å².